The van der Waals surface area contributed by atoms with Crippen LogP contribution in [-0.4, -0.2) is 29.0 Å². The van der Waals surface area contributed by atoms with Crippen LogP contribution in [0.5, 0.6) is 0 Å². The van der Waals surface area contributed by atoms with Crippen molar-refractivity contribution in [2.45, 2.75) is 26.9 Å². The van der Waals surface area contributed by atoms with E-state index in [0.29, 0.717) is 19.7 Å². The first kappa shape index (κ1) is 18.1. The molecule has 0 N–H and O–H groups in total. The van der Waals surface area contributed by atoms with Gasteiger partial charge in [-0.1, -0.05) is 48.5 Å². The highest BCUT2D eigenvalue weighted by atomic mass is 16.5. The van der Waals surface area contributed by atoms with Gasteiger partial charge in [-0.3, -0.25) is 14.7 Å². The number of aromatic nitrogens is 1. The van der Waals surface area contributed by atoms with E-state index in [0.717, 1.165) is 16.6 Å². The number of para-hydroxylation sites is 1. The Kier molecular flexibility index (Phi) is 5.97. The largest absolute Gasteiger partial charge is 0.465 e. The first-order valence-corrected chi connectivity index (χ1v) is 8.93. The molecule has 0 atom stereocenters. The van der Waals surface area contributed by atoms with Crippen molar-refractivity contribution >= 4 is 16.9 Å². The highest BCUT2D eigenvalue weighted by Gasteiger charge is 2.15. The number of rotatable bonds is 7. The molecule has 134 valence electrons. The molecule has 0 aliphatic rings. The molecule has 1 heterocycles. The van der Waals surface area contributed by atoms with Gasteiger partial charge in [0.2, 0.25) is 0 Å². The quantitative estimate of drug-likeness (QED) is 0.603. The van der Waals surface area contributed by atoms with E-state index in [1.807, 2.05) is 50.2 Å². The molecule has 0 aliphatic carbocycles. The van der Waals surface area contributed by atoms with E-state index in [1.54, 1.807) is 0 Å². The maximum Gasteiger partial charge on any atom is 0.320 e. The van der Waals surface area contributed by atoms with Crippen molar-refractivity contribution in [3.05, 3.63) is 77.5 Å². The summed E-state index contributed by atoms with van der Waals surface area (Å²) in [6, 6.07) is 20.4. The molecule has 0 saturated carbocycles. The Bertz CT molecular complexity index is 878. The molecule has 0 aliphatic heterocycles. The van der Waals surface area contributed by atoms with Crippen molar-refractivity contribution in [2.24, 2.45) is 0 Å². The molecule has 2 aromatic carbocycles. The monoisotopic (exact) mass is 348 g/mol. The zero-order chi connectivity index (χ0) is 18.4. The van der Waals surface area contributed by atoms with Gasteiger partial charge < -0.3 is 4.74 Å². The number of ether oxygens (including phenoxy) is 1. The van der Waals surface area contributed by atoms with E-state index >= 15 is 0 Å². The third kappa shape index (κ3) is 4.67. The van der Waals surface area contributed by atoms with Crippen LogP contribution < -0.4 is 0 Å². The smallest absolute Gasteiger partial charge is 0.320 e. The Morgan fingerprint density at radius 3 is 2.54 bits per heavy atom. The van der Waals surface area contributed by atoms with Crippen molar-refractivity contribution in [3.8, 4) is 0 Å². The molecule has 0 saturated heterocycles. The molecule has 0 amide bonds. The zero-order valence-electron chi connectivity index (χ0n) is 15.3. The number of pyridine rings is 1. The molecule has 1 aromatic heterocycles. The summed E-state index contributed by atoms with van der Waals surface area (Å²) in [5, 5.41) is 1.13. The standard InChI is InChI=1S/C22H24N2O2/c1-3-26-22(25)16-24(14-18-9-5-4-6-10-18)15-19-13-17(2)23-21-12-8-7-11-20(19)21/h4-13H,3,14-16H2,1-2H3. The number of carbonyl (C=O) groups is 1. The SMILES string of the molecule is CCOC(=O)CN(Cc1ccccc1)Cc1cc(C)nc2ccccc12. The van der Waals surface area contributed by atoms with Gasteiger partial charge in [0.05, 0.1) is 18.7 Å². The second kappa shape index (κ2) is 8.59. The minimum absolute atomic E-state index is 0.196. The van der Waals surface area contributed by atoms with Crippen LogP contribution in [0, 0.1) is 6.92 Å². The number of esters is 1. The lowest BCUT2D eigenvalue weighted by atomic mass is 10.1. The second-order valence-corrected chi connectivity index (χ2v) is 6.38. The summed E-state index contributed by atoms with van der Waals surface area (Å²) in [5.41, 5.74) is 4.31. The van der Waals surface area contributed by atoms with Gasteiger partial charge >= 0.3 is 5.97 Å². The molecule has 0 spiro atoms. The lowest BCUT2D eigenvalue weighted by Crippen LogP contribution is -2.30. The van der Waals surface area contributed by atoms with Crippen molar-refractivity contribution < 1.29 is 9.53 Å². The number of carbonyl (C=O) groups excluding carboxylic acids is 1. The topological polar surface area (TPSA) is 42.4 Å². The molecule has 3 rings (SSSR count). The third-order valence-electron chi connectivity index (χ3n) is 4.23. The van der Waals surface area contributed by atoms with Gasteiger partial charge in [0, 0.05) is 24.2 Å². The minimum Gasteiger partial charge on any atom is -0.465 e. The van der Waals surface area contributed by atoms with Gasteiger partial charge in [-0.2, -0.15) is 0 Å². The fourth-order valence-corrected chi connectivity index (χ4v) is 3.17. The summed E-state index contributed by atoms with van der Waals surface area (Å²) in [6.45, 7) is 5.85. The van der Waals surface area contributed by atoms with E-state index in [9.17, 15) is 4.79 Å². The number of hydrogen-bond acceptors (Lipinski definition) is 4. The van der Waals surface area contributed by atoms with Crippen molar-refractivity contribution in [2.75, 3.05) is 13.2 Å². The Morgan fingerprint density at radius 1 is 1.04 bits per heavy atom. The predicted octanol–water partition coefficient (Wildman–Crippen LogP) is 4.11. The fraction of sp³-hybridized carbons (Fsp3) is 0.273. The summed E-state index contributed by atoms with van der Waals surface area (Å²) in [7, 11) is 0. The van der Waals surface area contributed by atoms with Gasteiger partial charge in [0.25, 0.3) is 0 Å². The Balaban J connectivity index is 1.88. The summed E-state index contributed by atoms with van der Waals surface area (Å²) >= 11 is 0. The number of aryl methyl sites for hydroxylation is 1. The summed E-state index contributed by atoms with van der Waals surface area (Å²) < 4.78 is 5.17. The highest BCUT2D eigenvalue weighted by molar-refractivity contribution is 5.82. The normalized spacial score (nSPS) is 11.0. The van der Waals surface area contributed by atoms with Crippen molar-refractivity contribution in [3.63, 3.8) is 0 Å². The van der Waals surface area contributed by atoms with E-state index in [-0.39, 0.29) is 12.5 Å². The van der Waals surface area contributed by atoms with E-state index in [2.05, 4.69) is 34.1 Å². The Hall–Kier alpha value is -2.72. The zero-order valence-corrected chi connectivity index (χ0v) is 15.3. The molecular formula is C22H24N2O2. The third-order valence-corrected chi connectivity index (χ3v) is 4.23. The first-order valence-electron chi connectivity index (χ1n) is 8.93. The second-order valence-electron chi connectivity index (χ2n) is 6.38. The predicted molar refractivity (Wildman–Crippen MR) is 104 cm³/mol. The average molecular weight is 348 g/mol. The number of fused-ring (bicyclic) bond motifs is 1. The van der Waals surface area contributed by atoms with E-state index < -0.39 is 0 Å². The van der Waals surface area contributed by atoms with Gasteiger partial charge in [0.15, 0.2) is 0 Å². The van der Waals surface area contributed by atoms with Crippen LogP contribution in [-0.2, 0) is 22.6 Å². The molecule has 26 heavy (non-hydrogen) atoms. The van der Waals surface area contributed by atoms with Gasteiger partial charge in [-0.15, -0.1) is 0 Å². The molecule has 0 radical (unpaired) electrons. The van der Waals surface area contributed by atoms with Crippen molar-refractivity contribution in [1.29, 1.82) is 0 Å². The molecule has 4 heteroatoms. The van der Waals surface area contributed by atoms with Crippen LogP contribution in [0.2, 0.25) is 0 Å². The fourth-order valence-electron chi connectivity index (χ4n) is 3.17. The van der Waals surface area contributed by atoms with Crippen LogP contribution in [0.1, 0.15) is 23.7 Å². The van der Waals surface area contributed by atoms with Crippen LogP contribution in [0.4, 0.5) is 0 Å². The number of hydrogen-bond donors (Lipinski definition) is 0. The average Bonchev–Trinajstić information content (AvgIpc) is 2.62. The van der Waals surface area contributed by atoms with Crippen molar-refractivity contribution in [1.82, 2.24) is 9.88 Å². The maximum absolute atomic E-state index is 12.1. The molecule has 0 fully saturated rings. The molecule has 0 bridgehead atoms. The van der Waals surface area contributed by atoms with Crippen LogP contribution in [0.15, 0.2) is 60.7 Å². The summed E-state index contributed by atoms with van der Waals surface area (Å²) in [6.07, 6.45) is 0. The van der Waals surface area contributed by atoms with Crippen LogP contribution in [0.3, 0.4) is 0 Å². The van der Waals surface area contributed by atoms with E-state index in [1.165, 1.54) is 11.1 Å². The van der Waals surface area contributed by atoms with Gasteiger partial charge in [-0.05, 0) is 37.1 Å². The van der Waals surface area contributed by atoms with Crippen LogP contribution in [0.25, 0.3) is 10.9 Å². The van der Waals surface area contributed by atoms with Gasteiger partial charge in [-0.25, -0.2) is 0 Å². The maximum atomic E-state index is 12.1. The molecule has 0 unspecified atom stereocenters. The summed E-state index contributed by atoms with van der Waals surface area (Å²) in [5.74, 6) is -0.196. The Morgan fingerprint density at radius 2 is 1.77 bits per heavy atom. The molecule has 4 nitrogen and oxygen atoms in total. The van der Waals surface area contributed by atoms with Gasteiger partial charge in [0.1, 0.15) is 0 Å². The van der Waals surface area contributed by atoms with Crippen LogP contribution >= 0.6 is 0 Å². The number of nitrogens with zero attached hydrogens (tertiary/aromatic N) is 2. The minimum atomic E-state index is -0.196. The Labute approximate surface area is 154 Å². The van der Waals surface area contributed by atoms with E-state index in [4.69, 9.17) is 4.74 Å². The first-order chi connectivity index (χ1) is 12.7. The lowest BCUT2D eigenvalue weighted by Gasteiger charge is -2.22. The lowest BCUT2D eigenvalue weighted by molar-refractivity contribution is -0.144. The number of benzene rings is 2. The summed E-state index contributed by atoms with van der Waals surface area (Å²) in [4.78, 5) is 18.8. The molecule has 3 aromatic rings. The molecular weight excluding hydrogens is 324 g/mol. The highest BCUT2D eigenvalue weighted by Crippen LogP contribution is 2.20.